The van der Waals surface area contributed by atoms with E-state index in [9.17, 15) is 35.4 Å². The second-order valence-electron chi connectivity index (χ2n) is 10.5. The number of aliphatic hydroxyl groups excluding tert-OH is 5. The summed E-state index contributed by atoms with van der Waals surface area (Å²) in [6.07, 6.45) is -11.3. The number of fused-ring (bicyclic) bond motifs is 1. The number of aliphatic hydroxyl groups is 5. The molecule has 0 spiro atoms. The summed E-state index contributed by atoms with van der Waals surface area (Å²) in [6.45, 7) is 3.19. The zero-order valence-electron chi connectivity index (χ0n) is 21.1. The Bertz CT molecular complexity index is 754. The van der Waals surface area contributed by atoms with Crippen LogP contribution in [0.1, 0.15) is 46.0 Å². The van der Waals surface area contributed by atoms with Gasteiger partial charge >= 0.3 is 5.97 Å². The first-order valence-electron chi connectivity index (χ1n) is 13.1. The van der Waals surface area contributed by atoms with Gasteiger partial charge in [-0.15, -0.1) is 0 Å². The van der Waals surface area contributed by atoms with Gasteiger partial charge in [0, 0.05) is 6.61 Å². The Hall–Kier alpha value is -0.970. The minimum atomic E-state index is -1.47. The summed E-state index contributed by atoms with van der Waals surface area (Å²) in [6, 6.07) is 0. The van der Waals surface area contributed by atoms with E-state index in [1.807, 2.05) is 6.92 Å². The highest BCUT2D eigenvalue weighted by Gasteiger charge is 2.51. The Morgan fingerprint density at radius 2 is 1.59 bits per heavy atom. The number of carbonyl (C=O) groups is 1. The maximum atomic E-state index is 11.7. The standard InChI is InChI=1S/C24H40O13/c1-10-5-3-6-12(19(10)37-23-18(29)17(28)15(26)11(2)33-23)35-24-21-20(16(27)14(9-25)36-24)34-13(22(30)31)7-4-8-32-21/h10-21,23-29H,3-9H2,1-2H3,(H,30,31)/t10-,11?,12-,13-,14?,15-,16+,17?,18+,19?,20?,21?,23+,24-/m1/s1. The number of carboxylic acid groups (broad SMARTS) is 1. The summed E-state index contributed by atoms with van der Waals surface area (Å²) < 4.78 is 35.7. The molecule has 0 radical (unpaired) electrons. The zero-order valence-corrected chi connectivity index (χ0v) is 21.1. The van der Waals surface area contributed by atoms with Crippen LogP contribution in [0, 0.1) is 5.92 Å². The normalized spacial score (nSPS) is 49.5. The Morgan fingerprint density at radius 3 is 2.30 bits per heavy atom. The van der Waals surface area contributed by atoms with E-state index in [2.05, 4.69) is 0 Å². The molecule has 3 heterocycles. The van der Waals surface area contributed by atoms with Crippen LogP contribution in [-0.4, -0.2) is 130 Å². The topological polar surface area (TPSA) is 194 Å². The van der Waals surface area contributed by atoms with Crippen molar-refractivity contribution >= 4 is 5.97 Å². The average molecular weight is 537 g/mol. The fourth-order valence-corrected chi connectivity index (χ4v) is 5.57. The molecule has 14 atom stereocenters. The van der Waals surface area contributed by atoms with Crippen molar-refractivity contribution in [3.05, 3.63) is 0 Å². The van der Waals surface area contributed by atoms with E-state index in [4.69, 9.17) is 28.4 Å². The third-order valence-electron chi connectivity index (χ3n) is 7.80. The Labute approximate surface area is 215 Å². The fraction of sp³-hybridized carbons (Fsp3) is 0.958. The van der Waals surface area contributed by atoms with Crippen LogP contribution >= 0.6 is 0 Å². The summed E-state index contributed by atoms with van der Waals surface area (Å²) in [4.78, 5) is 11.7. The van der Waals surface area contributed by atoms with E-state index in [-0.39, 0.29) is 18.9 Å². The molecule has 37 heavy (non-hydrogen) atoms. The molecule has 3 aliphatic heterocycles. The molecule has 0 aromatic heterocycles. The van der Waals surface area contributed by atoms with Gasteiger partial charge in [0.25, 0.3) is 0 Å². The van der Waals surface area contributed by atoms with Crippen LogP contribution < -0.4 is 0 Å². The van der Waals surface area contributed by atoms with E-state index in [1.54, 1.807) is 6.92 Å². The van der Waals surface area contributed by atoms with E-state index in [1.165, 1.54) is 0 Å². The minimum absolute atomic E-state index is 0.0293. The van der Waals surface area contributed by atoms with Gasteiger partial charge in [0.1, 0.15) is 42.7 Å². The fourth-order valence-electron chi connectivity index (χ4n) is 5.57. The predicted molar refractivity (Wildman–Crippen MR) is 122 cm³/mol. The van der Waals surface area contributed by atoms with Crippen LogP contribution in [0.25, 0.3) is 0 Å². The molecule has 3 saturated heterocycles. The van der Waals surface area contributed by atoms with Crippen LogP contribution in [-0.2, 0) is 33.2 Å². The lowest BCUT2D eigenvalue weighted by atomic mass is 9.85. The average Bonchev–Trinajstić information content (AvgIpc) is 2.84. The summed E-state index contributed by atoms with van der Waals surface area (Å²) in [5.74, 6) is -1.18. The number of hydrogen-bond acceptors (Lipinski definition) is 12. The molecule has 1 aliphatic carbocycles. The molecule has 0 aromatic rings. The van der Waals surface area contributed by atoms with E-state index < -0.39 is 92.3 Å². The second kappa shape index (κ2) is 12.5. The molecule has 0 amide bonds. The molecule has 0 bridgehead atoms. The lowest BCUT2D eigenvalue weighted by Gasteiger charge is -2.48. The van der Waals surface area contributed by atoms with E-state index in [0.717, 1.165) is 12.8 Å². The second-order valence-corrected chi connectivity index (χ2v) is 10.5. The Morgan fingerprint density at radius 1 is 0.838 bits per heavy atom. The maximum absolute atomic E-state index is 11.7. The summed E-state index contributed by atoms with van der Waals surface area (Å²) >= 11 is 0. The van der Waals surface area contributed by atoms with Gasteiger partial charge in [-0.3, -0.25) is 0 Å². The predicted octanol–water partition coefficient (Wildman–Crippen LogP) is -1.50. The molecule has 0 aromatic carbocycles. The smallest absolute Gasteiger partial charge is 0.332 e. The van der Waals surface area contributed by atoms with Crippen LogP contribution in [0.15, 0.2) is 0 Å². The van der Waals surface area contributed by atoms with Gasteiger partial charge in [-0.2, -0.15) is 0 Å². The summed E-state index contributed by atoms with van der Waals surface area (Å²) in [5.41, 5.74) is 0. The van der Waals surface area contributed by atoms with Crippen molar-refractivity contribution in [3.8, 4) is 0 Å². The van der Waals surface area contributed by atoms with Crippen molar-refractivity contribution in [2.45, 2.75) is 126 Å². The van der Waals surface area contributed by atoms with Crippen molar-refractivity contribution in [2.75, 3.05) is 13.2 Å². The summed E-state index contributed by atoms with van der Waals surface area (Å²) in [7, 11) is 0. The van der Waals surface area contributed by atoms with Gasteiger partial charge in [0.15, 0.2) is 18.7 Å². The molecule has 4 rings (SSSR count). The monoisotopic (exact) mass is 536 g/mol. The Kier molecular flexibility index (Phi) is 9.78. The highest BCUT2D eigenvalue weighted by atomic mass is 16.7. The highest BCUT2D eigenvalue weighted by molar-refractivity contribution is 5.72. The van der Waals surface area contributed by atoms with Crippen molar-refractivity contribution in [1.82, 2.24) is 0 Å². The van der Waals surface area contributed by atoms with Crippen LogP contribution in [0.3, 0.4) is 0 Å². The lowest BCUT2D eigenvalue weighted by Crippen LogP contribution is -2.64. The van der Waals surface area contributed by atoms with Gasteiger partial charge in [0.05, 0.1) is 24.9 Å². The van der Waals surface area contributed by atoms with E-state index in [0.29, 0.717) is 12.8 Å². The molecule has 13 heteroatoms. The first-order valence-corrected chi connectivity index (χ1v) is 13.1. The molecule has 214 valence electrons. The number of rotatable bonds is 6. The molecule has 6 N–H and O–H groups in total. The van der Waals surface area contributed by atoms with Crippen molar-refractivity contribution < 1.29 is 63.9 Å². The van der Waals surface area contributed by atoms with Gasteiger partial charge < -0.3 is 59.1 Å². The number of aliphatic carboxylic acids is 1. The van der Waals surface area contributed by atoms with Crippen LogP contribution in [0.2, 0.25) is 0 Å². The van der Waals surface area contributed by atoms with Gasteiger partial charge in [-0.05, 0) is 38.5 Å². The third kappa shape index (κ3) is 6.28. The van der Waals surface area contributed by atoms with Gasteiger partial charge in [-0.1, -0.05) is 13.3 Å². The molecule has 4 aliphatic rings. The molecule has 6 unspecified atom stereocenters. The molecule has 4 fully saturated rings. The number of carboxylic acids is 1. The van der Waals surface area contributed by atoms with Crippen molar-refractivity contribution in [2.24, 2.45) is 5.92 Å². The number of ether oxygens (including phenoxy) is 6. The van der Waals surface area contributed by atoms with Crippen LogP contribution in [0.4, 0.5) is 0 Å². The largest absolute Gasteiger partial charge is 0.479 e. The lowest BCUT2D eigenvalue weighted by molar-refractivity contribution is -0.354. The molecular weight excluding hydrogens is 496 g/mol. The first-order chi connectivity index (χ1) is 17.6. The number of hydrogen-bond donors (Lipinski definition) is 6. The molecular formula is C24H40O13. The Balaban J connectivity index is 1.52. The van der Waals surface area contributed by atoms with Gasteiger partial charge in [0.2, 0.25) is 0 Å². The first kappa shape index (κ1) is 29.0. The van der Waals surface area contributed by atoms with Gasteiger partial charge in [-0.25, -0.2) is 4.79 Å². The summed E-state index contributed by atoms with van der Waals surface area (Å²) in [5, 5.41) is 60.8. The van der Waals surface area contributed by atoms with Crippen LogP contribution in [0.5, 0.6) is 0 Å². The van der Waals surface area contributed by atoms with Crippen molar-refractivity contribution in [1.29, 1.82) is 0 Å². The quantitative estimate of drug-likeness (QED) is 0.230. The highest BCUT2D eigenvalue weighted by Crippen LogP contribution is 2.36. The van der Waals surface area contributed by atoms with Crippen molar-refractivity contribution in [3.63, 3.8) is 0 Å². The maximum Gasteiger partial charge on any atom is 0.332 e. The molecule has 13 nitrogen and oxygen atoms in total. The molecule has 1 saturated carbocycles. The zero-order chi connectivity index (χ0) is 26.9. The minimum Gasteiger partial charge on any atom is -0.479 e. The van der Waals surface area contributed by atoms with E-state index >= 15 is 0 Å². The SMILES string of the molecule is CC1O[C@@H](OC2[C@H](C)CCC[C@H]2O[C@@H]2OC(CO)[C@H](O)C3O[C@@H](C(=O)O)CCCOC32)[C@@H](O)C(O)[C@@H]1O. The third-order valence-corrected chi connectivity index (χ3v) is 7.80.